The molecule has 0 aliphatic heterocycles. The highest BCUT2D eigenvalue weighted by atomic mass is 16.6. The molecule has 2 rings (SSSR count). The lowest BCUT2D eigenvalue weighted by Gasteiger charge is -2.04. The Hall–Kier alpha value is -2.96. The van der Waals surface area contributed by atoms with Gasteiger partial charge in [-0.05, 0) is 24.3 Å². The summed E-state index contributed by atoms with van der Waals surface area (Å²) in [7, 11) is 0. The Labute approximate surface area is 108 Å². The minimum atomic E-state index is -0.522. The number of rotatable bonds is 3. The van der Waals surface area contributed by atoms with Crippen LogP contribution in [0.25, 0.3) is 0 Å². The van der Waals surface area contributed by atoms with Crippen molar-refractivity contribution < 1.29 is 9.72 Å². The maximum absolute atomic E-state index is 11.8. The first-order valence-corrected chi connectivity index (χ1v) is 5.33. The maximum atomic E-state index is 11.8. The van der Waals surface area contributed by atoms with Gasteiger partial charge in [0.2, 0.25) is 0 Å². The first-order valence-electron chi connectivity index (χ1n) is 5.33. The van der Waals surface area contributed by atoms with E-state index in [4.69, 9.17) is 5.73 Å². The number of nitrogen functional groups attached to an aromatic ring is 1. The van der Waals surface area contributed by atoms with Crippen LogP contribution < -0.4 is 11.1 Å². The third-order valence-corrected chi connectivity index (χ3v) is 2.38. The van der Waals surface area contributed by atoms with Crippen LogP contribution in [0.15, 0.2) is 42.6 Å². The summed E-state index contributed by atoms with van der Waals surface area (Å²) in [5, 5.41) is 13.1. The Balaban J connectivity index is 2.11. The van der Waals surface area contributed by atoms with Gasteiger partial charge in [0.05, 0.1) is 16.8 Å². The number of benzene rings is 1. The normalized spacial score (nSPS) is 9.89. The van der Waals surface area contributed by atoms with Crippen molar-refractivity contribution in [1.29, 1.82) is 0 Å². The molecule has 0 saturated heterocycles. The van der Waals surface area contributed by atoms with E-state index in [0.717, 1.165) is 0 Å². The third kappa shape index (κ3) is 3.03. The van der Waals surface area contributed by atoms with Crippen molar-refractivity contribution in [2.45, 2.75) is 0 Å². The number of non-ortho nitro benzene ring substituents is 1. The first kappa shape index (κ1) is 12.5. The van der Waals surface area contributed by atoms with Crippen LogP contribution in [-0.2, 0) is 0 Å². The van der Waals surface area contributed by atoms with E-state index in [1.807, 2.05) is 0 Å². The number of carbonyl (C=O) groups excluding carboxylic acids is 1. The number of hydrogen-bond donors (Lipinski definition) is 2. The standard InChI is InChI=1S/C12H10N4O3/c13-11-6-3-9(7-14-11)15-12(17)8-1-4-10(5-2-8)16(18)19/h1-7H,(H2,13,14)(H,15,17). The summed E-state index contributed by atoms with van der Waals surface area (Å²) < 4.78 is 0. The highest BCUT2D eigenvalue weighted by Crippen LogP contribution is 2.14. The van der Waals surface area contributed by atoms with Crippen molar-refractivity contribution in [2.75, 3.05) is 11.1 Å². The summed E-state index contributed by atoms with van der Waals surface area (Å²) in [5.74, 6) is -0.0187. The van der Waals surface area contributed by atoms with Gasteiger partial charge in [-0.25, -0.2) is 4.98 Å². The van der Waals surface area contributed by atoms with E-state index in [9.17, 15) is 14.9 Å². The molecule has 96 valence electrons. The molecule has 1 heterocycles. The molecule has 0 saturated carbocycles. The van der Waals surface area contributed by atoms with Gasteiger partial charge < -0.3 is 11.1 Å². The molecule has 19 heavy (non-hydrogen) atoms. The van der Waals surface area contributed by atoms with Gasteiger partial charge in [0.1, 0.15) is 5.82 Å². The molecule has 1 aromatic heterocycles. The number of aromatic nitrogens is 1. The van der Waals surface area contributed by atoms with E-state index >= 15 is 0 Å². The molecule has 0 aliphatic carbocycles. The highest BCUT2D eigenvalue weighted by Gasteiger charge is 2.09. The molecule has 1 aromatic carbocycles. The van der Waals surface area contributed by atoms with Gasteiger partial charge in [0.15, 0.2) is 0 Å². The summed E-state index contributed by atoms with van der Waals surface area (Å²) in [4.78, 5) is 25.6. The van der Waals surface area contributed by atoms with Crippen molar-refractivity contribution in [2.24, 2.45) is 0 Å². The zero-order valence-electron chi connectivity index (χ0n) is 9.74. The topological polar surface area (TPSA) is 111 Å². The fourth-order valence-corrected chi connectivity index (χ4v) is 1.42. The number of anilines is 2. The van der Waals surface area contributed by atoms with Gasteiger partial charge in [-0.3, -0.25) is 14.9 Å². The van der Waals surface area contributed by atoms with Crippen LogP contribution in [0.3, 0.4) is 0 Å². The maximum Gasteiger partial charge on any atom is 0.269 e. The Morgan fingerprint density at radius 1 is 1.21 bits per heavy atom. The fraction of sp³-hybridized carbons (Fsp3) is 0. The molecular weight excluding hydrogens is 248 g/mol. The Morgan fingerprint density at radius 3 is 2.42 bits per heavy atom. The minimum Gasteiger partial charge on any atom is -0.384 e. The van der Waals surface area contributed by atoms with Crippen LogP contribution in [0.1, 0.15) is 10.4 Å². The summed E-state index contributed by atoms with van der Waals surface area (Å²) in [6, 6.07) is 8.50. The average Bonchev–Trinajstić information content (AvgIpc) is 2.41. The van der Waals surface area contributed by atoms with Crippen molar-refractivity contribution >= 4 is 23.1 Å². The van der Waals surface area contributed by atoms with E-state index < -0.39 is 4.92 Å². The first-order chi connectivity index (χ1) is 9.06. The lowest BCUT2D eigenvalue weighted by atomic mass is 10.2. The second-order valence-corrected chi connectivity index (χ2v) is 3.73. The zero-order chi connectivity index (χ0) is 13.8. The summed E-state index contributed by atoms with van der Waals surface area (Å²) in [6.07, 6.45) is 1.43. The van der Waals surface area contributed by atoms with Crippen LogP contribution in [0.4, 0.5) is 17.2 Å². The predicted molar refractivity (Wildman–Crippen MR) is 69.7 cm³/mol. The molecule has 0 unspecified atom stereocenters. The van der Waals surface area contributed by atoms with Crippen molar-refractivity contribution in [3.63, 3.8) is 0 Å². The van der Waals surface area contributed by atoms with Crippen LogP contribution in [0, 0.1) is 10.1 Å². The van der Waals surface area contributed by atoms with Crippen molar-refractivity contribution in [3.8, 4) is 0 Å². The molecule has 0 fully saturated rings. The van der Waals surface area contributed by atoms with E-state index in [2.05, 4.69) is 10.3 Å². The van der Waals surface area contributed by atoms with Gasteiger partial charge in [-0.15, -0.1) is 0 Å². The lowest BCUT2D eigenvalue weighted by molar-refractivity contribution is -0.384. The molecule has 0 bridgehead atoms. The second-order valence-electron chi connectivity index (χ2n) is 3.73. The van der Waals surface area contributed by atoms with Crippen molar-refractivity contribution in [3.05, 3.63) is 58.3 Å². The quantitative estimate of drug-likeness (QED) is 0.644. The number of nitro benzene ring substituents is 1. The minimum absolute atomic E-state index is 0.0642. The SMILES string of the molecule is Nc1ccc(NC(=O)c2ccc([N+](=O)[O-])cc2)cn1. The molecule has 7 nitrogen and oxygen atoms in total. The monoisotopic (exact) mass is 258 g/mol. The number of amides is 1. The Bertz CT molecular complexity index is 608. The molecule has 0 spiro atoms. The second kappa shape index (κ2) is 5.13. The molecule has 7 heteroatoms. The molecule has 0 atom stereocenters. The number of nitro groups is 1. The van der Waals surface area contributed by atoms with E-state index in [1.165, 1.54) is 30.5 Å². The lowest BCUT2D eigenvalue weighted by Crippen LogP contribution is -2.12. The smallest absolute Gasteiger partial charge is 0.269 e. The fourth-order valence-electron chi connectivity index (χ4n) is 1.42. The van der Waals surface area contributed by atoms with Gasteiger partial charge in [-0.1, -0.05) is 0 Å². The molecule has 2 aromatic rings. The van der Waals surface area contributed by atoms with Crippen LogP contribution in [0.5, 0.6) is 0 Å². The molecule has 0 radical (unpaired) electrons. The summed E-state index contributed by atoms with van der Waals surface area (Å²) in [6.45, 7) is 0. The number of carbonyl (C=O) groups is 1. The number of hydrogen-bond acceptors (Lipinski definition) is 5. The molecule has 3 N–H and O–H groups in total. The molecular formula is C12H10N4O3. The van der Waals surface area contributed by atoms with Gasteiger partial charge in [0, 0.05) is 17.7 Å². The predicted octanol–water partition coefficient (Wildman–Crippen LogP) is 1.82. The van der Waals surface area contributed by atoms with Crippen LogP contribution >= 0.6 is 0 Å². The van der Waals surface area contributed by atoms with Gasteiger partial charge >= 0.3 is 0 Å². The molecule has 0 aliphatic rings. The molecule has 1 amide bonds. The Kier molecular flexibility index (Phi) is 3.37. The van der Waals surface area contributed by atoms with E-state index in [-0.39, 0.29) is 11.6 Å². The number of pyridine rings is 1. The third-order valence-electron chi connectivity index (χ3n) is 2.38. The Morgan fingerprint density at radius 2 is 1.89 bits per heavy atom. The average molecular weight is 258 g/mol. The van der Waals surface area contributed by atoms with Gasteiger partial charge in [0.25, 0.3) is 11.6 Å². The van der Waals surface area contributed by atoms with E-state index in [0.29, 0.717) is 17.1 Å². The largest absolute Gasteiger partial charge is 0.384 e. The number of nitrogens with two attached hydrogens (primary N) is 1. The zero-order valence-corrected chi connectivity index (χ0v) is 9.74. The summed E-state index contributed by atoms with van der Waals surface area (Å²) in [5.41, 5.74) is 6.18. The summed E-state index contributed by atoms with van der Waals surface area (Å²) >= 11 is 0. The van der Waals surface area contributed by atoms with Gasteiger partial charge in [-0.2, -0.15) is 0 Å². The van der Waals surface area contributed by atoms with E-state index in [1.54, 1.807) is 12.1 Å². The number of nitrogens with one attached hydrogen (secondary N) is 1. The van der Waals surface area contributed by atoms with Crippen LogP contribution in [0.2, 0.25) is 0 Å². The van der Waals surface area contributed by atoms with Crippen molar-refractivity contribution in [1.82, 2.24) is 4.98 Å². The number of nitrogens with zero attached hydrogens (tertiary/aromatic N) is 2. The van der Waals surface area contributed by atoms with Crippen LogP contribution in [-0.4, -0.2) is 15.8 Å². The highest BCUT2D eigenvalue weighted by molar-refractivity contribution is 6.04.